The molecule has 2 atom stereocenters. The molecule has 98 valence electrons. The molecule has 0 aromatic carbocycles. The maximum atomic E-state index is 5.36. The van der Waals surface area contributed by atoms with Gasteiger partial charge in [-0.2, -0.15) is 5.10 Å². The van der Waals surface area contributed by atoms with Gasteiger partial charge in [0.2, 0.25) is 0 Å². The molecule has 4 nitrogen and oxygen atoms in total. The maximum absolute atomic E-state index is 5.36. The Labute approximate surface area is 108 Å². The van der Waals surface area contributed by atoms with Gasteiger partial charge in [-0.05, 0) is 32.9 Å². The topological polar surface area (TPSA) is 43.0 Å². The summed E-state index contributed by atoms with van der Waals surface area (Å²) < 4.78 is 7.27. The number of furan rings is 1. The lowest BCUT2D eigenvalue weighted by Crippen LogP contribution is -2.30. The fourth-order valence-electron chi connectivity index (χ4n) is 2.25. The van der Waals surface area contributed by atoms with E-state index in [1.54, 1.807) is 6.26 Å². The van der Waals surface area contributed by atoms with Crippen molar-refractivity contribution in [2.24, 2.45) is 7.05 Å². The molecule has 0 bridgehead atoms. The maximum Gasteiger partial charge on any atom is 0.105 e. The first-order valence-corrected chi connectivity index (χ1v) is 6.35. The molecule has 0 spiro atoms. The Morgan fingerprint density at radius 1 is 1.44 bits per heavy atom. The molecule has 0 saturated heterocycles. The second kappa shape index (κ2) is 5.40. The van der Waals surface area contributed by atoms with Crippen molar-refractivity contribution in [1.29, 1.82) is 0 Å². The van der Waals surface area contributed by atoms with Crippen LogP contribution >= 0.6 is 0 Å². The third kappa shape index (κ3) is 2.82. The molecule has 0 saturated carbocycles. The molecule has 2 heterocycles. The van der Waals surface area contributed by atoms with Crippen LogP contribution in [0.1, 0.15) is 36.9 Å². The Morgan fingerprint density at radius 2 is 2.22 bits per heavy atom. The van der Waals surface area contributed by atoms with Gasteiger partial charge in [0.05, 0.1) is 12.5 Å². The van der Waals surface area contributed by atoms with E-state index in [0.717, 1.165) is 12.2 Å². The first-order valence-electron chi connectivity index (χ1n) is 6.35. The third-order valence-electron chi connectivity index (χ3n) is 3.36. The van der Waals surface area contributed by atoms with Gasteiger partial charge in [0, 0.05) is 36.8 Å². The minimum absolute atomic E-state index is 0.295. The minimum atomic E-state index is 0.295. The van der Waals surface area contributed by atoms with Gasteiger partial charge in [0.1, 0.15) is 5.76 Å². The van der Waals surface area contributed by atoms with Gasteiger partial charge in [-0.3, -0.25) is 4.68 Å². The number of hydrogen-bond donors (Lipinski definition) is 1. The van der Waals surface area contributed by atoms with Crippen LogP contribution in [-0.2, 0) is 13.5 Å². The molecule has 2 unspecified atom stereocenters. The van der Waals surface area contributed by atoms with E-state index in [2.05, 4.69) is 31.2 Å². The molecule has 2 aromatic heterocycles. The van der Waals surface area contributed by atoms with Gasteiger partial charge in [-0.1, -0.05) is 0 Å². The van der Waals surface area contributed by atoms with Crippen LogP contribution in [0.2, 0.25) is 0 Å². The quantitative estimate of drug-likeness (QED) is 0.883. The molecule has 18 heavy (non-hydrogen) atoms. The molecule has 0 aliphatic rings. The van der Waals surface area contributed by atoms with Gasteiger partial charge in [-0.15, -0.1) is 0 Å². The summed E-state index contributed by atoms with van der Waals surface area (Å²) in [6.07, 6.45) is 4.56. The predicted octanol–water partition coefficient (Wildman–Crippen LogP) is 2.60. The van der Waals surface area contributed by atoms with Crippen LogP contribution in [0.3, 0.4) is 0 Å². The SMILES string of the molecule is Cc1c(C(C)NC(C)Cc2ccco2)cnn1C. The Hall–Kier alpha value is -1.55. The van der Waals surface area contributed by atoms with Crippen molar-refractivity contribution in [2.75, 3.05) is 0 Å². The first-order chi connectivity index (χ1) is 8.58. The predicted molar refractivity (Wildman–Crippen MR) is 71.4 cm³/mol. The molecule has 0 amide bonds. The monoisotopic (exact) mass is 247 g/mol. The van der Waals surface area contributed by atoms with E-state index < -0.39 is 0 Å². The lowest BCUT2D eigenvalue weighted by atomic mass is 10.1. The van der Waals surface area contributed by atoms with Crippen molar-refractivity contribution in [1.82, 2.24) is 15.1 Å². The van der Waals surface area contributed by atoms with Crippen molar-refractivity contribution in [3.8, 4) is 0 Å². The fourth-order valence-corrected chi connectivity index (χ4v) is 2.25. The lowest BCUT2D eigenvalue weighted by Gasteiger charge is -2.19. The molecule has 0 radical (unpaired) electrons. The highest BCUT2D eigenvalue weighted by Crippen LogP contribution is 2.17. The normalized spacial score (nSPS) is 14.7. The molecule has 2 aromatic rings. The van der Waals surface area contributed by atoms with E-state index >= 15 is 0 Å². The summed E-state index contributed by atoms with van der Waals surface area (Å²) in [5, 5.41) is 7.85. The Kier molecular flexibility index (Phi) is 3.87. The summed E-state index contributed by atoms with van der Waals surface area (Å²) in [5.74, 6) is 1.02. The van der Waals surface area contributed by atoms with Gasteiger partial charge in [0.15, 0.2) is 0 Å². The van der Waals surface area contributed by atoms with E-state index in [1.165, 1.54) is 11.3 Å². The minimum Gasteiger partial charge on any atom is -0.469 e. The third-order valence-corrected chi connectivity index (χ3v) is 3.36. The van der Waals surface area contributed by atoms with Crippen LogP contribution < -0.4 is 5.32 Å². The van der Waals surface area contributed by atoms with Crippen molar-refractivity contribution in [3.63, 3.8) is 0 Å². The number of rotatable bonds is 5. The average Bonchev–Trinajstić information content (AvgIpc) is 2.91. The lowest BCUT2D eigenvalue weighted by molar-refractivity contribution is 0.428. The number of hydrogen-bond acceptors (Lipinski definition) is 3. The summed E-state index contributed by atoms with van der Waals surface area (Å²) in [5.41, 5.74) is 2.46. The largest absolute Gasteiger partial charge is 0.469 e. The zero-order chi connectivity index (χ0) is 13.1. The van der Waals surface area contributed by atoms with Crippen molar-refractivity contribution in [3.05, 3.63) is 41.6 Å². The van der Waals surface area contributed by atoms with Gasteiger partial charge >= 0.3 is 0 Å². The number of aromatic nitrogens is 2. The molecular formula is C14H21N3O. The van der Waals surface area contributed by atoms with E-state index in [1.807, 2.05) is 30.1 Å². The Bertz CT molecular complexity index is 487. The summed E-state index contributed by atoms with van der Waals surface area (Å²) in [6.45, 7) is 6.44. The summed E-state index contributed by atoms with van der Waals surface area (Å²) >= 11 is 0. The van der Waals surface area contributed by atoms with Crippen LogP contribution in [0.5, 0.6) is 0 Å². The zero-order valence-electron chi connectivity index (χ0n) is 11.5. The highest BCUT2D eigenvalue weighted by Gasteiger charge is 2.15. The van der Waals surface area contributed by atoms with Crippen LogP contribution in [-0.4, -0.2) is 15.8 Å². The molecule has 0 fully saturated rings. The van der Waals surface area contributed by atoms with Gasteiger partial charge in [0.25, 0.3) is 0 Å². The summed E-state index contributed by atoms with van der Waals surface area (Å²) in [7, 11) is 1.97. The van der Waals surface area contributed by atoms with E-state index in [9.17, 15) is 0 Å². The Balaban J connectivity index is 1.94. The van der Waals surface area contributed by atoms with E-state index in [4.69, 9.17) is 4.42 Å². The van der Waals surface area contributed by atoms with Crippen LogP contribution in [0.4, 0.5) is 0 Å². The van der Waals surface area contributed by atoms with E-state index in [-0.39, 0.29) is 0 Å². The fraction of sp³-hybridized carbons (Fsp3) is 0.500. The molecule has 0 aliphatic carbocycles. The standard InChI is InChI=1S/C14H21N3O/c1-10(8-13-6-5-7-18-13)16-11(2)14-9-15-17(4)12(14)3/h5-7,9-11,16H,8H2,1-4H3. The number of nitrogens with zero attached hydrogens (tertiary/aromatic N) is 2. The van der Waals surface area contributed by atoms with Crippen LogP contribution in [0.25, 0.3) is 0 Å². The first kappa shape index (κ1) is 12.9. The molecule has 0 aliphatic heterocycles. The average molecular weight is 247 g/mol. The smallest absolute Gasteiger partial charge is 0.105 e. The van der Waals surface area contributed by atoms with Crippen molar-refractivity contribution in [2.45, 2.75) is 39.3 Å². The molecule has 4 heteroatoms. The molecule has 2 rings (SSSR count). The number of aryl methyl sites for hydroxylation is 1. The second-order valence-electron chi connectivity index (χ2n) is 4.88. The second-order valence-corrected chi connectivity index (χ2v) is 4.88. The highest BCUT2D eigenvalue weighted by molar-refractivity contribution is 5.19. The molecule has 1 N–H and O–H groups in total. The van der Waals surface area contributed by atoms with Crippen molar-refractivity contribution < 1.29 is 4.42 Å². The summed E-state index contributed by atoms with van der Waals surface area (Å²) in [4.78, 5) is 0. The van der Waals surface area contributed by atoms with Crippen LogP contribution in [0.15, 0.2) is 29.0 Å². The number of nitrogens with one attached hydrogen (secondary N) is 1. The van der Waals surface area contributed by atoms with Gasteiger partial charge < -0.3 is 9.73 Å². The Morgan fingerprint density at radius 3 is 2.78 bits per heavy atom. The zero-order valence-corrected chi connectivity index (χ0v) is 11.5. The highest BCUT2D eigenvalue weighted by atomic mass is 16.3. The van der Waals surface area contributed by atoms with Crippen LogP contribution in [0, 0.1) is 6.92 Å². The van der Waals surface area contributed by atoms with Gasteiger partial charge in [-0.25, -0.2) is 0 Å². The molecular weight excluding hydrogens is 226 g/mol. The van der Waals surface area contributed by atoms with Crippen molar-refractivity contribution >= 4 is 0 Å². The summed E-state index contributed by atoms with van der Waals surface area (Å²) in [6, 6.07) is 4.60. The van der Waals surface area contributed by atoms with E-state index in [0.29, 0.717) is 12.1 Å².